The van der Waals surface area contributed by atoms with E-state index in [1.807, 2.05) is 26.1 Å². The third-order valence-electron chi connectivity index (χ3n) is 3.54. The minimum atomic E-state index is -0.586. The van der Waals surface area contributed by atoms with Gasteiger partial charge < -0.3 is 15.4 Å². The Hall–Kier alpha value is -2.71. The van der Waals surface area contributed by atoms with E-state index in [9.17, 15) is 14.9 Å². The van der Waals surface area contributed by atoms with Crippen molar-refractivity contribution in [3.8, 4) is 0 Å². The van der Waals surface area contributed by atoms with Crippen LogP contribution in [0.5, 0.6) is 0 Å². The standard InChI is InChI=1S/C14H20N6O3/c1-4-12(19-10(3)8-13(17-19)20(22)23)14(21)15-9-11-6-7-18(5-2)16-11/h6-8,12H,4-5,9H2,1-3H3,(H,15,21). The number of carbonyl (C=O) groups is 1. The molecular weight excluding hydrogens is 300 g/mol. The monoisotopic (exact) mass is 320 g/mol. The molecule has 2 heterocycles. The van der Waals surface area contributed by atoms with Crippen LogP contribution in [-0.2, 0) is 17.9 Å². The second-order valence-corrected chi connectivity index (χ2v) is 5.15. The topological polar surface area (TPSA) is 108 Å². The Morgan fingerprint density at radius 2 is 2.17 bits per heavy atom. The van der Waals surface area contributed by atoms with Crippen molar-refractivity contribution >= 4 is 11.7 Å². The zero-order chi connectivity index (χ0) is 17.0. The summed E-state index contributed by atoms with van der Waals surface area (Å²) in [6.45, 7) is 6.59. The molecule has 0 aliphatic heterocycles. The molecule has 0 saturated carbocycles. The molecule has 0 fully saturated rings. The van der Waals surface area contributed by atoms with E-state index in [0.29, 0.717) is 18.7 Å². The van der Waals surface area contributed by atoms with Gasteiger partial charge in [-0.15, -0.1) is 0 Å². The van der Waals surface area contributed by atoms with Crippen LogP contribution in [0.25, 0.3) is 0 Å². The van der Waals surface area contributed by atoms with Gasteiger partial charge in [0, 0.05) is 12.7 Å². The van der Waals surface area contributed by atoms with Gasteiger partial charge in [-0.1, -0.05) is 6.92 Å². The highest BCUT2D eigenvalue weighted by Gasteiger charge is 2.26. The first kappa shape index (κ1) is 16.7. The molecule has 1 unspecified atom stereocenters. The molecule has 0 radical (unpaired) electrons. The number of nitro groups is 1. The number of aromatic nitrogens is 4. The van der Waals surface area contributed by atoms with E-state index in [1.165, 1.54) is 10.7 Å². The van der Waals surface area contributed by atoms with Crippen LogP contribution in [-0.4, -0.2) is 30.4 Å². The molecule has 0 aliphatic carbocycles. The fraction of sp³-hybridized carbons (Fsp3) is 0.500. The van der Waals surface area contributed by atoms with Gasteiger partial charge in [0.15, 0.2) is 6.04 Å². The highest BCUT2D eigenvalue weighted by Crippen LogP contribution is 2.18. The van der Waals surface area contributed by atoms with Crippen molar-refractivity contribution in [2.75, 3.05) is 0 Å². The Morgan fingerprint density at radius 3 is 2.70 bits per heavy atom. The van der Waals surface area contributed by atoms with Gasteiger partial charge >= 0.3 is 5.82 Å². The average Bonchev–Trinajstić information content (AvgIpc) is 3.13. The van der Waals surface area contributed by atoms with Crippen LogP contribution in [0.15, 0.2) is 18.3 Å². The third kappa shape index (κ3) is 3.74. The highest BCUT2D eigenvalue weighted by molar-refractivity contribution is 5.80. The van der Waals surface area contributed by atoms with Crippen LogP contribution in [0, 0.1) is 17.0 Å². The minimum absolute atomic E-state index is 0.236. The Bertz CT molecular complexity index is 705. The first-order chi connectivity index (χ1) is 11.0. The van der Waals surface area contributed by atoms with Gasteiger partial charge in [0.25, 0.3) is 0 Å². The Morgan fingerprint density at radius 1 is 1.43 bits per heavy atom. The molecule has 9 heteroatoms. The maximum absolute atomic E-state index is 12.4. The van der Waals surface area contributed by atoms with Crippen molar-refractivity contribution in [1.82, 2.24) is 24.9 Å². The SMILES string of the molecule is CCC(C(=O)NCc1ccn(CC)n1)n1nc([N+](=O)[O-])cc1C. The molecule has 0 bridgehead atoms. The summed E-state index contributed by atoms with van der Waals surface area (Å²) in [6, 6.07) is 2.62. The maximum atomic E-state index is 12.4. The molecule has 124 valence electrons. The van der Waals surface area contributed by atoms with Crippen LogP contribution >= 0.6 is 0 Å². The van der Waals surface area contributed by atoms with Gasteiger partial charge in [-0.2, -0.15) is 9.78 Å². The van der Waals surface area contributed by atoms with Gasteiger partial charge in [-0.25, -0.2) is 0 Å². The van der Waals surface area contributed by atoms with Gasteiger partial charge in [0.1, 0.15) is 0 Å². The fourth-order valence-corrected chi connectivity index (χ4v) is 2.31. The Labute approximate surface area is 133 Å². The van der Waals surface area contributed by atoms with Crippen LogP contribution in [0.1, 0.15) is 37.7 Å². The first-order valence-corrected chi connectivity index (χ1v) is 7.46. The van der Waals surface area contributed by atoms with Crippen molar-refractivity contribution in [2.24, 2.45) is 0 Å². The third-order valence-corrected chi connectivity index (χ3v) is 3.54. The molecule has 0 saturated heterocycles. The van der Waals surface area contributed by atoms with Gasteiger partial charge in [-0.3, -0.25) is 9.48 Å². The van der Waals surface area contributed by atoms with Crippen molar-refractivity contribution in [1.29, 1.82) is 0 Å². The quantitative estimate of drug-likeness (QED) is 0.615. The Balaban J connectivity index is 2.07. The molecule has 0 aliphatic rings. The van der Waals surface area contributed by atoms with E-state index in [0.717, 1.165) is 12.2 Å². The Kier molecular flexibility index (Phi) is 5.09. The smallest absolute Gasteiger partial charge is 0.358 e. The number of aryl methyl sites for hydroxylation is 2. The molecular formula is C14H20N6O3. The summed E-state index contributed by atoms with van der Waals surface area (Å²) in [5, 5.41) is 21.8. The van der Waals surface area contributed by atoms with E-state index in [-0.39, 0.29) is 11.7 Å². The van der Waals surface area contributed by atoms with E-state index >= 15 is 0 Å². The number of hydrogen-bond acceptors (Lipinski definition) is 5. The van der Waals surface area contributed by atoms with Crippen molar-refractivity contribution in [2.45, 2.75) is 46.3 Å². The largest absolute Gasteiger partial charge is 0.390 e. The number of nitrogens with one attached hydrogen (secondary N) is 1. The van der Waals surface area contributed by atoms with Crippen LogP contribution in [0.2, 0.25) is 0 Å². The zero-order valence-electron chi connectivity index (χ0n) is 13.4. The summed E-state index contributed by atoms with van der Waals surface area (Å²) in [6.07, 6.45) is 2.33. The molecule has 1 amide bonds. The van der Waals surface area contributed by atoms with Crippen LogP contribution < -0.4 is 5.32 Å². The molecule has 2 aromatic heterocycles. The molecule has 2 aromatic rings. The lowest BCUT2D eigenvalue weighted by Crippen LogP contribution is -2.33. The van der Waals surface area contributed by atoms with E-state index in [1.54, 1.807) is 11.6 Å². The predicted molar refractivity (Wildman–Crippen MR) is 82.7 cm³/mol. The molecule has 9 nitrogen and oxygen atoms in total. The summed E-state index contributed by atoms with van der Waals surface area (Å²) in [5.41, 5.74) is 1.34. The number of carbonyl (C=O) groups excluding carboxylic acids is 1. The molecule has 2 rings (SSSR count). The summed E-state index contributed by atoms with van der Waals surface area (Å²) in [5.74, 6) is -0.491. The van der Waals surface area contributed by atoms with E-state index in [4.69, 9.17) is 0 Å². The normalized spacial score (nSPS) is 12.1. The lowest BCUT2D eigenvalue weighted by atomic mass is 10.2. The van der Waals surface area contributed by atoms with Gasteiger partial charge in [0.2, 0.25) is 5.91 Å². The van der Waals surface area contributed by atoms with Crippen molar-refractivity contribution in [3.05, 3.63) is 39.8 Å². The number of amides is 1. The van der Waals surface area contributed by atoms with Crippen LogP contribution in [0.3, 0.4) is 0 Å². The molecule has 0 aromatic carbocycles. The average molecular weight is 320 g/mol. The number of rotatable bonds is 7. The van der Waals surface area contributed by atoms with Gasteiger partial charge in [0.05, 0.1) is 29.1 Å². The van der Waals surface area contributed by atoms with E-state index in [2.05, 4.69) is 15.5 Å². The van der Waals surface area contributed by atoms with Gasteiger partial charge in [-0.05, 0) is 31.3 Å². The highest BCUT2D eigenvalue weighted by atomic mass is 16.6. The second kappa shape index (κ2) is 7.03. The maximum Gasteiger partial charge on any atom is 0.390 e. The molecule has 23 heavy (non-hydrogen) atoms. The van der Waals surface area contributed by atoms with E-state index < -0.39 is 11.0 Å². The molecule has 0 spiro atoms. The second-order valence-electron chi connectivity index (χ2n) is 5.15. The lowest BCUT2D eigenvalue weighted by molar-refractivity contribution is -0.389. The summed E-state index contributed by atoms with van der Waals surface area (Å²) in [7, 11) is 0. The predicted octanol–water partition coefficient (Wildman–Crippen LogP) is 1.58. The summed E-state index contributed by atoms with van der Waals surface area (Å²) < 4.78 is 3.18. The van der Waals surface area contributed by atoms with Crippen LogP contribution in [0.4, 0.5) is 5.82 Å². The van der Waals surface area contributed by atoms with Crippen molar-refractivity contribution < 1.29 is 9.72 Å². The zero-order valence-corrected chi connectivity index (χ0v) is 13.4. The number of hydrogen-bond donors (Lipinski definition) is 1. The molecule has 1 N–H and O–H groups in total. The fourth-order valence-electron chi connectivity index (χ4n) is 2.31. The lowest BCUT2D eigenvalue weighted by Gasteiger charge is -2.13. The summed E-state index contributed by atoms with van der Waals surface area (Å²) in [4.78, 5) is 22.6. The molecule has 1 atom stereocenters. The minimum Gasteiger partial charge on any atom is -0.358 e. The number of nitrogens with zero attached hydrogens (tertiary/aromatic N) is 5. The summed E-state index contributed by atoms with van der Waals surface area (Å²) >= 11 is 0. The van der Waals surface area contributed by atoms with Crippen molar-refractivity contribution in [3.63, 3.8) is 0 Å². The first-order valence-electron chi connectivity index (χ1n) is 7.46.